The van der Waals surface area contributed by atoms with Crippen molar-refractivity contribution in [3.8, 4) is 11.5 Å². The number of amides is 1. The number of carboxylic acids is 1. The van der Waals surface area contributed by atoms with Gasteiger partial charge in [0, 0.05) is 63.5 Å². The van der Waals surface area contributed by atoms with Crippen LogP contribution in [0, 0.1) is 46.0 Å². The summed E-state index contributed by atoms with van der Waals surface area (Å²) in [6, 6.07) is 9.62. The molecule has 514 valence electrons. The molecule has 5 aliphatic rings. The molecule has 5 heterocycles. The molecule has 2 unspecified atom stereocenters. The number of aromatic nitrogens is 2. The number of benzene rings is 3. The minimum atomic E-state index is -3.48. The number of aromatic carboxylic acids is 1. The number of pyridine rings is 2. The smallest absolute Gasteiger partial charge is 0.492 e. The predicted molar refractivity (Wildman–Crippen MR) is 337 cm³/mol. The molecule has 5 fully saturated rings. The van der Waals surface area contributed by atoms with Gasteiger partial charge in [0.25, 0.3) is 0 Å². The van der Waals surface area contributed by atoms with E-state index < -0.39 is 106 Å². The predicted octanol–water partition coefficient (Wildman–Crippen LogP) is 10.9. The van der Waals surface area contributed by atoms with Crippen LogP contribution in [0.2, 0.25) is 0 Å². The van der Waals surface area contributed by atoms with Gasteiger partial charge in [-0.2, -0.15) is 4.39 Å². The third-order valence-corrected chi connectivity index (χ3v) is 17.8. The lowest BCUT2D eigenvalue weighted by atomic mass is 9.78. The molecule has 3 aromatic carbocycles. The summed E-state index contributed by atoms with van der Waals surface area (Å²) < 4.78 is 127. The largest absolute Gasteiger partial charge is 0.798 e. The van der Waals surface area contributed by atoms with Crippen LogP contribution in [0.5, 0.6) is 11.5 Å². The van der Waals surface area contributed by atoms with E-state index in [1.54, 1.807) is 9.80 Å². The van der Waals surface area contributed by atoms with Crippen LogP contribution in [0.4, 0.5) is 41.1 Å². The Morgan fingerprint density at radius 1 is 0.713 bits per heavy atom. The Morgan fingerprint density at radius 3 is 1.67 bits per heavy atom. The molecule has 0 radical (unpaired) electrons. The number of likely N-dealkylation sites (tertiary alicyclic amines) is 1. The Bertz CT molecular complexity index is 3790. The van der Waals surface area contributed by atoms with Gasteiger partial charge in [-0.3, -0.25) is 19.2 Å². The first-order chi connectivity index (χ1) is 43.6. The van der Waals surface area contributed by atoms with Gasteiger partial charge in [0.05, 0.1) is 61.0 Å². The normalized spacial score (nSPS) is 25.2. The molecular formula is C66H84BF7N6O14. The van der Waals surface area contributed by atoms with E-state index in [9.17, 15) is 64.9 Å². The van der Waals surface area contributed by atoms with Gasteiger partial charge in [-0.1, -0.05) is 65.0 Å². The minimum Gasteiger partial charge on any atom is -0.492 e. The average Bonchev–Trinajstić information content (AvgIpc) is 1.28. The molecule has 94 heavy (non-hydrogen) atoms. The maximum atomic E-state index is 15.2. The molecule has 10 rings (SSSR count). The zero-order valence-corrected chi connectivity index (χ0v) is 55.4. The molecule has 3 saturated heterocycles. The molecule has 2 aliphatic carbocycles. The number of hydrogen-bond acceptors (Lipinski definition) is 16. The number of carboxylic acid groups (broad SMARTS) is 1. The van der Waals surface area contributed by atoms with Gasteiger partial charge < -0.3 is 63.4 Å². The van der Waals surface area contributed by atoms with Crippen LogP contribution >= 0.6 is 0 Å². The van der Waals surface area contributed by atoms with E-state index in [4.69, 9.17) is 29.4 Å². The van der Waals surface area contributed by atoms with Crippen LogP contribution in [-0.4, -0.2) is 139 Å². The van der Waals surface area contributed by atoms with E-state index in [0.29, 0.717) is 51.0 Å². The highest BCUT2D eigenvalue weighted by Gasteiger charge is 2.47. The lowest BCUT2D eigenvalue weighted by Crippen LogP contribution is -2.43. The van der Waals surface area contributed by atoms with Gasteiger partial charge >= 0.3 is 37.4 Å². The van der Waals surface area contributed by atoms with Gasteiger partial charge in [0.1, 0.15) is 47.0 Å². The van der Waals surface area contributed by atoms with Crippen molar-refractivity contribution < 1.29 is 88.0 Å². The highest BCUT2D eigenvalue weighted by atomic mass is 19.2. The van der Waals surface area contributed by atoms with Crippen molar-refractivity contribution >= 4 is 64.9 Å². The number of hydrogen-bond donors (Lipinski definition) is 3. The highest BCUT2D eigenvalue weighted by Crippen LogP contribution is 2.48. The molecular weight excluding hydrogens is 1240 g/mol. The summed E-state index contributed by atoms with van der Waals surface area (Å²) in [6.07, 6.45) is 0.0519. The molecule has 4 N–H and O–H groups in total. The van der Waals surface area contributed by atoms with Crippen LogP contribution in [-0.2, 0) is 35.1 Å². The molecule has 1 amide bonds. The fraction of sp³-hybridized carbons (Fsp3) is 0.561. The number of nitrogens with zero attached hydrogens (tertiary/aromatic N) is 4. The van der Waals surface area contributed by atoms with E-state index in [1.165, 1.54) is 11.7 Å². The van der Waals surface area contributed by atoms with Crippen molar-refractivity contribution in [2.75, 3.05) is 58.4 Å². The Morgan fingerprint density at radius 2 is 1.21 bits per heavy atom. The summed E-state index contributed by atoms with van der Waals surface area (Å²) in [7, 11) is -1.12. The van der Waals surface area contributed by atoms with Crippen LogP contribution in [0.3, 0.4) is 0 Å². The number of fused-ring (bicyclic) bond motifs is 2. The Labute approximate surface area is 540 Å². The van der Waals surface area contributed by atoms with Crippen LogP contribution in [0.25, 0.3) is 21.8 Å². The molecule has 5 aromatic rings. The third-order valence-electron chi connectivity index (χ3n) is 17.8. The SMILES string of the molecule is COc1c(F)c(F)cc2c(=O)c(C(=O)OB(F)F)cn([C@@H]3C[C@@H]3F)c12.COc1c(N2CC(C)C(C)(N)C2)c(F)cc2c(=O)c(C(=O)O)cn([C@@H]3C[C@@H]3F)c12.C[C@H]1CN(C(=O)OCc2ccccc2)C[C@@]1(C)CC(=O)OC(C)(C)C.C[C@H]1CNC[C@@]1(C)CC(=O)OC(C)(C)C. The van der Waals surface area contributed by atoms with Crippen LogP contribution in [0.15, 0.2) is 64.4 Å². The molecule has 20 nitrogen and oxygen atoms in total. The molecule has 0 spiro atoms. The standard InChI is InChI=1S/C20H23F2N3O4.C20H29NO4.C14H9BF5NO4.C12H23NO2/c1-9-6-24(8-20(9,2)23)16-13(22)4-10-15(18(16)29-3)25(14-5-12(14)21)7-11(17(10)26)19(27)28;1-15-12-21(18(23)24-13-16-9-7-6-8-10-16)14-20(15,5)11-17(22)25-19(2,3)4;1-24-13-10(18)8(17)2-5-11(13)21(9-3-7(9)16)4-6(12(5)22)14(23)25-15(19)20;1-9-7-13-8-12(9,5)6-10(14)15-11(2,3)4/h4,7,9,12,14H,5-6,8,23H2,1-3H3,(H,27,28);6-10,15H,11-14H2,1-5H3;2,4,7,9H,3H2,1H3;9,13H,6-8H2,1-5H3/t9?,12-,14+,20?;15-,20+;7-,9+;9-,12+/m0000/s1. The maximum Gasteiger partial charge on any atom is 0.798 e. The highest BCUT2D eigenvalue weighted by molar-refractivity contribution is 6.38. The van der Waals surface area contributed by atoms with E-state index in [1.807, 2.05) is 92.6 Å². The quantitative estimate of drug-likeness (QED) is 0.0404. The van der Waals surface area contributed by atoms with Gasteiger partial charge in [-0.25, -0.2) is 40.6 Å². The number of alkyl halides is 2. The minimum absolute atomic E-state index is 0.0105. The number of rotatable bonds is 14. The van der Waals surface area contributed by atoms with Crippen LogP contribution in [0.1, 0.15) is 147 Å². The zero-order chi connectivity index (χ0) is 70.1. The number of halogens is 7. The second-order valence-corrected chi connectivity index (χ2v) is 27.9. The van der Waals surface area contributed by atoms with Crippen molar-refractivity contribution in [1.82, 2.24) is 19.4 Å². The number of nitrogens with one attached hydrogen (secondary N) is 1. The summed E-state index contributed by atoms with van der Waals surface area (Å²) >= 11 is 0. The summed E-state index contributed by atoms with van der Waals surface area (Å²) in [6.45, 7) is 27.7. The first-order valence-corrected chi connectivity index (χ1v) is 30.8. The van der Waals surface area contributed by atoms with Gasteiger partial charge in [-0.05, 0) is 101 Å². The van der Waals surface area contributed by atoms with Gasteiger partial charge in [0.2, 0.25) is 16.7 Å². The Hall–Kier alpha value is -7.88. The third kappa shape index (κ3) is 17.1. The number of ether oxygens (including phenoxy) is 5. The fourth-order valence-electron chi connectivity index (χ4n) is 11.8. The van der Waals surface area contributed by atoms with E-state index >= 15 is 4.39 Å². The van der Waals surface area contributed by atoms with Crippen molar-refractivity contribution in [3.63, 3.8) is 0 Å². The molecule has 2 saturated carbocycles. The van der Waals surface area contributed by atoms with Gasteiger partial charge in [0.15, 0.2) is 23.1 Å². The monoisotopic (exact) mass is 1330 g/mol. The number of nitrogens with two attached hydrogens (primary N) is 1. The number of anilines is 1. The average molecular weight is 1330 g/mol. The molecule has 28 heteroatoms. The first kappa shape index (κ1) is 73.5. The van der Waals surface area contributed by atoms with Crippen LogP contribution < -0.4 is 36.3 Å². The Balaban J connectivity index is 0.000000181. The fourth-order valence-corrected chi connectivity index (χ4v) is 11.8. The molecule has 2 aromatic heterocycles. The summed E-state index contributed by atoms with van der Waals surface area (Å²) in [5, 5.41) is 12.0. The van der Waals surface area contributed by atoms with Crippen molar-refractivity contribution in [3.05, 3.63) is 109 Å². The van der Waals surface area contributed by atoms with E-state index in [2.05, 4.69) is 30.7 Å². The zero-order valence-electron chi connectivity index (χ0n) is 55.4. The van der Waals surface area contributed by atoms with E-state index in [0.717, 1.165) is 48.8 Å². The Kier molecular flexibility index (Phi) is 22.4. The second kappa shape index (κ2) is 28.6. The van der Waals surface area contributed by atoms with Crippen molar-refractivity contribution in [1.29, 1.82) is 0 Å². The number of esters is 2. The second-order valence-electron chi connectivity index (χ2n) is 27.9. The maximum absolute atomic E-state index is 15.2. The lowest BCUT2D eigenvalue weighted by Gasteiger charge is -2.29. The topological polar surface area (TPSA) is 249 Å². The lowest BCUT2D eigenvalue weighted by molar-refractivity contribution is -0.159. The van der Waals surface area contributed by atoms with E-state index in [-0.39, 0.29) is 93.6 Å². The van der Waals surface area contributed by atoms with Crippen molar-refractivity contribution in [2.24, 2.45) is 34.3 Å². The summed E-state index contributed by atoms with van der Waals surface area (Å²) in [5.74, 6) is -6.72. The number of carbonyl (C=O) groups excluding carboxylic acids is 4. The molecule has 0 bridgehead atoms. The summed E-state index contributed by atoms with van der Waals surface area (Å²) in [5.41, 5.74) is 2.32. The number of methoxy groups -OCH3 is 2. The van der Waals surface area contributed by atoms with Crippen molar-refractivity contribution in [2.45, 2.75) is 157 Å². The molecule has 3 aliphatic heterocycles. The van der Waals surface area contributed by atoms with Gasteiger partial charge in [-0.15, -0.1) is 0 Å². The summed E-state index contributed by atoms with van der Waals surface area (Å²) in [4.78, 5) is 88.0. The first-order valence-electron chi connectivity index (χ1n) is 30.8. The number of carbonyl (C=O) groups is 5. The molecule has 10 atom stereocenters.